The molecule has 2 aromatic heterocycles. The Labute approximate surface area is 221 Å². The predicted molar refractivity (Wildman–Crippen MR) is 143 cm³/mol. The molecule has 4 heterocycles. The molecule has 3 aliphatic rings. The summed E-state index contributed by atoms with van der Waals surface area (Å²) in [6.07, 6.45) is 3.73. The number of anilines is 2. The maximum atomic E-state index is 10.2. The molecule has 0 spiro atoms. The van der Waals surface area contributed by atoms with Crippen LogP contribution in [0.4, 0.5) is 11.6 Å². The molecule has 3 atom stereocenters. The molecule has 6 rings (SSSR count). The molecule has 2 aliphatic heterocycles. The van der Waals surface area contributed by atoms with Crippen LogP contribution in [-0.2, 0) is 4.74 Å². The van der Waals surface area contributed by atoms with E-state index in [9.17, 15) is 5.11 Å². The van der Waals surface area contributed by atoms with E-state index in [0.717, 1.165) is 58.1 Å². The largest absolute Gasteiger partial charge is 0.507 e. The van der Waals surface area contributed by atoms with E-state index in [-0.39, 0.29) is 17.7 Å². The second-order valence-corrected chi connectivity index (χ2v) is 10.1. The molecule has 2 saturated heterocycles. The minimum Gasteiger partial charge on any atom is -0.507 e. The second kappa shape index (κ2) is 10.8. The maximum Gasteiger partial charge on any atom is 0.206 e. The minimum absolute atomic E-state index is 0.0582. The van der Waals surface area contributed by atoms with E-state index in [1.807, 2.05) is 12.1 Å². The van der Waals surface area contributed by atoms with Crippen molar-refractivity contribution in [3.8, 4) is 34.6 Å². The molecule has 0 bridgehead atoms. The average Bonchev–Trinajstić information content (AvgIpc) is 3.50. The number of benzene rings is 1. The van der Waals surface area contributed by atoms with Crippen molar-refractivity contribution >= 4 is 11.6 Å². The SMILES string of the molecule is Nc1nnc(-c2ccccc2O)cc1OC1C[C@@H]2CN(c3ccnc(C#CCN4CCOCC4)n3)C[C@@H]2C1. The van der Waals surface area contributed by atoms with Gasteiger partial charge in [0.15, 0.2) is 11.6 Å². The third-order valence-corrected chi connectivity index (χ3v) is 7.54. The number of hydrogen-bond donors (Lipinski definition) is 2. The van der Waals surface area contributed by atoms with Gasteiger partial charge in [-0.15, -0.1) is 10.2 Å². The number of fused-ring (bicyclic) bond motifs is 1. The molecule has 1 aliphatic carbocycles. The number of phenolic OH excluding ortho intramolecular Hbond substituents is 1. The molecule has 0 radical (unpaired) electrons. The summed E-state index contributed by atoms with van der Waals surface area (Å²) < 4.78 is 11.7. The van der Waals surface area contributed by atoms with E-state index < -0.39 is 0 Å². The Morgan fingerprint density at radius 1 is 1.08 bits per heavy atom. The van der Waals surface area contributed by atoms with E-state index in [1.54, 1.807) is 30.5 Å². The Balaban J connectivity index is 1.06. The number of ether oxygens (including phenoxy) is 2. The van der Waals surface area contributed by atoms with Crippen LogP contribution in [0.25, 0.3) is 11.3 Å². The summed E-state index contributed by atoms with van der Waals surface area (Å²) in [5, 5.41) is 18.4. The number of morpholine rings is 1. The van der Waals surface area contributed by atoms with Gasteiger partial charge in [0.2, 0.25) is 5.82 Å². The normalized spacial score (nSPS) is 23.1. The van der Waals surface area contributed by atoms with Gasteiger partial charge in [-0.1, -0.05) is 18.1 Å². The molecular weight excluding hydrogens is 482 g/mol. The quantitative estimate of drug-likeness (QED) is 0.491. The zero-order valence-electron chi connectivity index (χ0n) is 21.2. The van der Waals surface area contributed by atoms with Gasteiger partial charge in [0.25, 0.3) is 0 Å². The summed E-state index contributed by atoms with van der Waals surface area (Å²) in [7, 11) is 0. The molecule has 10 heteroatoms. The van der Waals surface area contributed by atoms with E-state index in [1.165, 1.54) is 0 Å². The zero-order valence-corrected chi connectivity index (χ0v) is 21.2. The lowest BCUT2D eigenvalue weighted by Gasteiger charge is -2.24. The van der Waals surface area contributed by atoms with Crippen LogP contribution in [0.15, 0.2) is 42.6 Å². The molecule has 3 N–H and O–H groups in total. The van der Waals surface area contributed by atoms with Crippen LogP contribution >= 0.6 is 0 Å². The Kier molecular flexibility index (Phi) is 6.94. The third-order valence-electron chi connectivity index (χ3n) is 7.54. The van der Waals surface area contributed by atoms with Crippen LogP contribution in [0, 0.1) is 23.7 Å². The lowest BCUT2D eigenvalue weighted by atomic mass is 10.0. The summed E-state index contributed by atoms with van der Waals surface area (Å²) in [5.74, 6) is 9.76. The molecule has 1 unspecified atom stereocenters. The number of hydrogen-bond acceptors (Lipinski definition) is 10. The van der Waals surface area contributed by atoms with Gasteiger partial charge in [0, 0.05) is 44.0 Å². The first-order valence-electron chi connectivity index (χ1n) is 13.1. The predicted octanol–water partition coefficient (Wildman–Crippen LogP) is 2.20. The number of phenols is 1. The van der Waals surface area contributed by atoms with Gasteiger partial charge in [0.05, 0.1) is 25.9 Å². The molecule has 1 aromatic carbocycles. The van der Waals surface area contributed by atoms with Crippen LogP contribution < -0.4 is 15.4 Å². The number of nitrogen functional groups attached to an aromatic ring is 1. The summed E-state index contributed by atoms with van der Waals surface area (Å²) >= 11 is 0. The van der Waals surface area contributed by atoms with Crippen molar-refractivity contribution in [1.82, 2.24) is 25.1 Å². The van der Waals surface area contributed by atoms with Crippen LogP contribution in [0.3, 0.4) is 0 Å². The fourth-order valence-corrected chi connectivity index (χ4v) is 5.58. The highest BCUT2D eigenvalue weighted by Gasteiger charge is 2.42. The number of nitrogens with two attached hydrogens (primary N) is 1. The van der Waals surface area contributed by atoms with Crippen molar-refractivity contribution in [1.29, 1.82) is 0 Å². The Bertz CT molecular complexity index is 1340. The topological polar surface area (TPSA) is 123 Å². The summed E-state index contributed by atoms with van der Waals surface area (Å²) in [6, 6.07) is 10.8. The lowest BCUT2D eigenvalue weighted by Crippen LogP contribution is -2.36. The van der Waals surface area contributed by atoms with Crippen molar-refractivity contribution in [2.24, 2.45) is 11.8 Å². The van der Waals surface area contributed by atoms with E-state index in [0.29, 0.717) is 41.2 Å². The molecule has 1 saturated carbocycles. The van der Waals surface area contributed by atoms with Crippen molar-refractivity contribution in [3.05, 3.63) is 48.4 Å². The van der Waals surface area contributed by atoms with Gasteiger partial charge < -0.3 is 25.2 Å². The van der Waals surface area contributed by atoms with Crippen LogP contribution in [0.1, 0.15) is 18.7 Å². The molecule has 3 fully saturated rings. The Hall–Kier alpha value is -3.94. The van der Waals surface area contributed by atoms with Gasteiger partial charge in [-0.05, 0) is 48.8 Å². The number of para-hydroxylation sites is 1. The van der Waals surface area contributed by atoms with Gasteiger partial charge in [-0.3, -0.25) is 4.90 Å². The highest BCUT2D eigenvalue weighted by atomic mass is 16.5. The van der Waals surface area contributed by atoms with Gasteiger partial charge >= 0.3 is 0 Å². The fraction of sp³-hybridized carbons (Fsp3) is 0.429. The molecule has 196 valence electrons. The fourth-order valence-electron chi connectivity index (χ4n) is 5.58. The van der Waals surface area contributed by atoms with E-state index >= 15 is 0 Å². The standard InChI is InChI=1S/C28H31N7O3/c29-28-25(16-23(32-33-28)22-4-1-2-5-24(22)36)38-21-14-19-17-35(18-20(19)15-21)27-7-8-30-26(31-27)6-3-9-34-10-12-37-13-11-34/h1-2,4-5,7-8,16,19-21,36H,9-15,17-18H2,(H2,29,33)/t19-,20+,21?. The lowest BCUT2D eigenvalue weighted by molar-refractivity contribution is 0.0443. The van der Waals surface area contributed by atoms with Crippen LogP contribution in [0.5, 0.6) is 11.5 Å². The molecule has 10 nitrogen and oxygen atoms in total. The smallest absolute Gasteiger partial charge is 0.206 e. The summed E-state index contributed by atoms with van der Waals surface area (Å²) in [6.45, 7) is 5.92. The molecule has 38 heavy (non-hydrogen) atoms. The first kappa shape index (κ1) is 24.4. The van der Waals surface area contributed by atoms with Crippen molar-refractivity contribution in [3.63, 3.8) is 0 Å². The van der Waals surface area contributed by atoms with E-state index in [2.05, 4.69) is 36.8 Å². The second-order valence-electron chi connectivity index (χ2n) is 10.1. The average molecular weight is 514 g/mol. The minimum atomic E-state index is 0.0582. The van der Waals surface area contributed by atoms with Gasteiger partial charge in [-0.2, -0.15) is 0 Å². The molecule has 0 amide bonds. The highest BCUT2D eigenvalue weighted by Crippen LogP contribution is 2.42. The number of aromatic hydroxyl groups is 1. The summed E-state index contributed by atoms with van der Waals surface area (Å²) in [5.41, 5.74) is 7.21. The first-order chi connectivity index (χ1) is 18.6. The van der Waals surface area contributed by atoms with Gasteiger partial charge in [-0.25, -0.2) is 9.97 Å². The van der Waals surface area contributed by atoms with Crippen LogP contribution in [-0.4, -0.2) is 82.2 Å². The van der Waals surface area contributed by atoms with Crippen molar-refractivity contribution < 1.29 is 14.6 Å². The first-order valence-corrected chi connectivity index (χ1v) is 13.1. The molecule has 3 aromatic rings. The van der Waals surface area contributed by atoms with Crippen molar-refractivity contribution in [2.45, 2.75) is 18.9 Å². The molecular formula is C28H31N7O3. The third kappa shape index (κ3) is 5.35. The summed E-state index contributed by atoms with van der Waals surface area (Å²) in [4.78, 5) is 13.7. The van der Waals surface area contributed by atoms with E-state index in [4.69, 9.17) is 20.2 Å². The number of nitrogens with zero attached hydrogens (tertiary/aromatic N) is 6. The monoisotopic (exact) mass is 513 g/mol. The van der Waals surface area contributed by atoms with Gasteiger partial charge in [0.1, 0.15) is 17.3 Å². The van der Waals surface area contributed by atoms with Crippen LogP contribution in [0.2, 0.25) is 0 Å². The van der Waals surface area contributed by atoms with Crippen molar-refractivity contribution in [2.75, 3.05) is 56.6 Å². The Morgan fingerprint density at radius 3 is 2.66 bits per heavy atom. The number of rotatable bonds is 5. The maximum absolute atomic E-state index is 10.2. The Morgan fingerprint density at radius 2 is 1.87 bits per heavy atom. The number of aromatic nitrogens is 4. The zero-order chi connectivity index (χ0) is 25.9. The highest BCUT2D eigenvalue weighted by molar-refractivity contribution is 5.68.